The van der Waals surface area contributed by atoms with Crippen molar-refractivity contribution in [1.29, 1.82) is 0 Å². The molecule has 1 saturated heterocycles. The summed E-state index contributed by atoms with van der Waals surface area (Å²) < 4.78 is 23.0. The van der Waals surface area contributed by atoms with Crippen LogP contribution in [0.15, 0.2) is 0 Å². The predicted molar refractivity (Wildman–Crippen MR) is 81.5 cm³/mol. The second-order valence-electron chi connectivity index (χ2n) is 6.92. The molecular weight excluding hydrogens is 292 g/mol. The molecule has 0 aromatic rings. The zero-order valence-electron chi connectivity index (χ0n) is 13.6. The summed E-state index contributed by atoms with van der Waals surface area (Å²) in [5.41, 5.74) is -0.422. The molecule has 0 aliphatic carbocycles. The lowest BCUT2D eigenvalue weighted by Crippen LogP contribution is -2.68. The van der Waals surface area contributed by atoms with Crippen LogP contribution in [0.3, 0.4) is 0 Å². The van der Waals surface area contributed by atoms with E-state index in [9.17, 15) is 18.0 Å². The Balaban J connectivity index is 3.15. The quantitative estimate of drug-likeness (QED) is 0.821. The maximum Gasteiger partial charge on any atom is 0.246 e. The van der Waals surface area contributed by atoms with E-state index < -0.39 is 33.4 Å². The molecule has 0 aromatic carbocycles. The van der Waals surface area contributed by atoms with E-state index in [2.05, 4.69) is 5.32 Å². The summed E-state index contributed by atoms with van der Waals surface area (Å²) in [7, 11) is -3.22. The summed E-state index contributed by atoms with van der Waals surface area (Å²) in [4.78, 5) is 26.4. The number of nitrogens with zero attached hydrogens (tertiary/aromatic N) is 1. The fraction of sp³-hybridized carbons (Fsp3) is 0.857. The number of amides is 2. The molecule has 3 atom stereocenters. The largest absolute Gasteiger partial charge is 0.342 e. The number of hydrogen-bond donors (Lipinski definition) is 1. The van der Waals surface area contributed by atoms with Gasteiger partial charge in [-0.25, -0.2) is 8.42 Å². The van der Waals surface area contributed by atoms with Crippen LogP contribution in [0.5, 0.6) is 0 Å². The van der Waals surface area contributed by atoms with Gasteiger partial charge in [0.15, 0.2) is 0 Å². The Morgan fingerprint density at radius 2 is 1.81 bits per heavy atom. The summed E-state index contributed by atoms with van der Waals surface area (Å²) in [5, 5.41) is 2.78. The van der Waals surface area contributed by atoms with E-state index >= 15 is 0 Å². The van der Waals surface area contributed by atoms with Gasteiger partial charge in [-0.1, -0.05) is 27.7 Å². The molecule has 2 amide bonds. The minimum atomic E-state index is -3.22. The van der Waals surface area contributed by atoms with E-state index in [0.717, 1.165) is 6.26 Å². The van der Waals surface area contributed by atoms with Crippen LogP contribution in [0.4, 0.5) is 0 Å². The van der Waals surface area contributed by atoms with Crippen molar-refractivity contribution in [2.75, 3.05) is 12.0 Å². The maximum atomic E-state index is 12.7. The zero-order valence-corrected chi connectivity index (χ0v) is 14.5. The van der Waals surface area contributed by atoms with Gasteiger partial charge in [0.1, 0.15) is 21.9 Å². The minimum absolute atomic E-state index is 0.140. The van der Waals surface area contributed by atoms with Crippen molar-refractivity contribution in [3.63, 3.8) is 0 Å². The fourth-order valence-corrected chi connectivity index (χ4v) is 3.78. The Kier molecular flexibility index (Phi) is 5.08. The highest BCUT2D eigenvalue weighted by molar-refractivity contribution is 7.90. The summed E-state index contributed by atoms with van der Waals surface area (Å²) in [6, 6.07) is -1.75. The Morgan fingerprint density at radius 3 is 2.19 bits per heavy atom. The molecule has 3 unspecified atom stereocenters. The third-order valence-corrected chi connectivity index (χ3v) is 4.79. The third kappa shape index (κ3) is 4.18. The molecule has 0 spiro atoms. The van der Waals surface area contributed by atoms with E-state index in [0.29, 0.717) is 6.42 Å². The average molecular weight is 318 g/mol. The molecular formula is C14H26N2O4S. The fourth-order valence-electron chi connectivity index (χ4n) is 2.74. The molecule has 0 radical (unpaired) electrons. The van der Waals surface area contributed by atoms with Gasteiger partial charge in [-0.3, -0.25) is 9.59 Å². The Bertz CT molecular complexity index is 522. The normalized spacial score (nSPS) is 25.7. The van der Waals surface area contributed by atoms with Crippen LogP contribution in [0, 0.1) is 5.41 Å². The van der Waals surface area contributed by atoms with E-state index in [-0.39, 0.29) is 17.6 Å². The van der Waals surface area contributed by atoms with Crippen molar-refractivity contribution >= 4 is 21.7 Å². The Hall–Kier alpha value is -1.11. The van der Waals surface area contributed by atoms with Crippen LogP contribution in [-0.4, -0.2) is 55.3 Å². The summed E-state index contributed by atoms with van der Waals surface area (Å²) in [5.74, 6) is -0.554. The van der Waals surface area contributed by atoms with E-state index in [1.807, 2.05) is 27.7 Å². The molecule has 6 nitrogen and oxygen atoms in total. The van der Waals surface area contributed by atoms with Crippen LogP contribution in [0.1, 0.15) is 41.0 Å². The van der Waals surface area contributed by atoms with Crippen molar-refractivity contribution in [2.24, 2.45) is 5.41 Å². The molecule has 1 fully saturated rings. The number of rotatable bonds is 4. The van der Waals surface area contributed by atoms with Crippen LogP contribution in [0.25, 0.3) is 0 Å². The highest BCUT2D eigenvalue weighted by atomic mass is 32.2. The molecule has 0 aromatic heterocycles. The summed E-state index contributed by atoms with van der Waals surface area (Å²) in [6.45, 7) is 9.12. The molecule has 7 heteroatoms. The molecule has 21 heavy (non-hydrogen) atoms. The van der Waals surface area contributed by atoms with Crippen molar-refractivity contribution < 1.29 is 18.0 Å². The van der Waals surface area contributed by atoms with Gasteiger partial charge in [-0.2, -0.15) is 0 Å². The second kappa shape index (κ2) is 5.94. The van der Waals surface area contributed by atoms with Crippen molar-refractivity contribution in [1.82, 2.24) is 10.2 Å². The first-order chi connectivity index (χ1) is 9.38. The second-order valence-corrected chi connectivity index (χ2v) is 9.10. The van der Waals surface area contributed by atoms with E-state index in [4.69, 9.17) is 0 Å². The van der Waals surface area contributed by atoms with Gasteiger partial charge >= 0.3 is 0 Å². The highest BCUT2D eigenvalue weighted by Crippen LogP contribution is 2.27. The molecule has 122 valence electrons. The van der Waals surface area contributed by atoms with E-state index in [1.165, 1.54) is 4.90 Å². The first-order valence-corrected chi connectivity index (χ1v) is 9.24. The van der Waals surface area contributed by atoms with Gasteiger partial charge in [0.05, 0.1) is 5.75 Å². The number of carbonyl (C=O) groups excluding carboxylic acids is 2. The standard InChI is InChI=1S/C14H26N2O4S/c1-7-10-12(17)15-11(14(3,4)5)13(18)16(10)9(2)8-21(6,19)20/h9-11H,7-8H2,1-6H3,(H,15,17). The zero-order chi connectivity index (χ0) is 16.6. The molecule has 1 N–H and O–H groups in total. The molecule has 0 saturated carbocycles. The molecule has 1 aliphatic rings. The number of piperazine rings is 1. The topological polar surface area (TPSA) is 83.6 Å². The lowest BCUT2D eigenvalue weighted by molar-refractivity contribution is -0.154. The highest BCUT2D eigenvalue weighted by Gasteiger charge is 2.46. The first-order valence-electron chi connectivity index (χ1n) is 7.18. The van der Waals surface area contributed by atoms with Gasteiger partial charge in [0.25, 0.3) is 0 Å². The lowest BCUT2D eigenvalue weighted by Gasteiger charge is -2.45. The van der Waals surface area contributed by atoms with Crippen LogP contribution in [-0.2, 0) is 19.4 Å². The van der Waals surface area contributed by atoms with Crippen molar-refractivity contribution in [3.05, 3.63) is 0 Å². The van der Waals surface area contributed by atoms with Crippen LogP contribution in [0.2, 0.25) is 0 Å². The van der Waals surface area contributed by atoms with Gasteiger partial charge in [0.2, 0.25) is 11.8 Å². The van der Waals surface area contributed by atoms with Gasteiger partial charge in [0, 0.05) is 12.3 Å². The average Bonchev–Trinajstić information content (AvgIpc) is 2.26. The molecule has 1 heterocycles. The monoisotopic (exact) mass is 318 g/mol. The molecule has 1 aliphatic heterocycles. The first kappa shape index (κ1) is 17.9. The van der Waals surface area contributed by atoms with Crippen molar-refractivity contribution in [2.45, 2.75) is 59.2 Å². The Morgan fingerprint density at radius 1 is 1.29 bits per heavy atom. The van der Waals surface area contributed by atoms with Gasteiger partial charge in [-0.05, 0) is 18.8 Å². The number of carbonyl (C=O) groups is 2. The summed E-state index contributed by atoms with van der Waals surface area (Å²) >= 11 is 0. The molecule has 1 rings (SSSR count). The minimum Gasteiger partial charge on any atom is -0.342 e. The van der Waals surface area contributed by atoms with Crippen LogP contribution < -0.4 is 5.32 Å². The van der Waals surface area contributed by atoms with Gasteiger partial charge < -0.3 is 10.2 Å². The summed E-state index contributed by atoms with van der Waals surface area (Å²) in [6.07, 6.45) is 1.60. The number of nitrogens with one attached hydrogen (secondary N) is 1. The smallest absolute Gasteiger partial charge is 0.246 e. The molecule has 0 bridgehead atoms. The maximum absolute atomic E-state index is 12.7. The third-order valence-electron chi connectivity index (χ3n) is 3.70. The lowest BCUT2D eigenvalue weighted by atomic mass is 9.83. The number of hydrogen-bond acceptors (Lipinski definition) is 4. The SMILES string of the molecule is CCC1C(=O)NC(C(C)(C)C)C(=O)N1C(C)CS(C)(=O)=O. The van der Waals surface area contributed by atoms with E-state index in [1.54, 1.807) is 6.92 Å². The number of sulfone groups is 1. The van der Waals surface area contributed by atoms with Crippen LogP contribution >= 0.6 is 0 Å². The Labute approximate surface area is 127 Å². The van der Waals surface area contributed by atoms with Crippen molar-refractivity contribution in [3.8, 4) is 0 Å². The van der Waals surface area contributed by atoms with Gasteiger partial charge in [-0.15, -0.1) is 0 Å². The predicted octanol–water partition coefficient (Wildman–Crippen LogP) is 0.571.